The van der Waals surface area contributed by atoms with Gasteiger partial charge in [0.25, 0.3) is 7.82 Å². The number of allylic oxidation sites excluding steroid dienone is 2. The minimum absolute atomic E-state index is 0.0453. The third-order valence-corrected chi connectivity index (χ3v) is 10.1. The van der Waals surface area contributed by atoms with Crippen LogP contribution in [0.4, 0.5) is 0 Å². The van der Waals surface area contributed by atoms with Gasteiger partial charge in [-0.15, -0.1) is 0 Å². The summed E-state index contributed by atoms with van der Waals surface area (Å²) in [6.07, 6.45) is 38.3. The molecular formula is C41H79NO8P-. The molecule has 51 heavy (non-hydrogen) atoms. The summed E-state index contributed by atoms with van der Waals surface area (Å²) in [6.45, 7) is 3.36. The molecule has 2 N–H and O–H groups in total. The summed E-state index contributed by atoms with van der Waals surface area (Å²) >= 11 is 0. The van der Waals surface area contributed by atoms with E-state index in [-0.39, 0.29) is 32.1 Å². The first-order valence-electron chi connectivity index (χ1n) is 21.2. The van der Waals surface area contributed by atoms with Gasteiger partial charge in [-0.1, -0.05) is 167 Å². The Morgan fingerprint density at radius 2 is 1.02 bits per heavy atom. The zero-order chi connectivity index (χ0) is 37.5. The number of hydrogen-bond donors (Lipinski definition) is 2. The molecule has 2 atom stereocenters. The van der Waals surface area contributed by atoms with E-state index < -0.39 is 26.5 Å². The van der Waals surface area contributed by atoms with Crippen LogP contribution in [-0.2, 0) is 27.9 Å². The van der Waals surface area contributed by atoms with Crippen LogP contribution in [0.5, 0.6) is 0 Å². The van der Waals surface area contributed by atoms with Crippen molar-refractivity contribution in [3.05, 3.63) is 12.2 Å². The molecule has 0 aliphatic carbocycles. The first kappa shape index (κ1) is 49.8. The predicted molar refractivity (Wildman–Crippen MR) is 208 cm³/mol. The average Bonchev–Trinajstić information content (AvgIpc) is 3.11. The van der Waals surface area contributed by atoms with Crippen LogP contribution >= 0.6 is 7.82 Å². The molecule has 0 heterocycles. The molecular weight excluding hydrogens is 665 g/mol. The molecule has 1 amide bonds. The number of carbonyl (C=O) groups excluding carboxylic acids is 2. The smallest absolute Gasteiger partial charge is 0.305 e. The van der Waals surface area contributed by atoms with Gasteiger partial charge in [0.1, 0.15) is 12.7 Å². The molecule has 0 aromatic heterocycles. The predicted octanol–water partition coefficient (Wildman–Crippen LogP) is 10.8. The number of hydrogen-bond acceptors (Lipinski definition) is 8. The number of nitrogens with one attached hydrogen (secondary N) is 1. The van der Waals surface area contributed by atoms with E-state index in [9.17, 15) is 24.2 Å². The van der Waals surface area contributed by atoms with Gasteiger partial charge >= 0.3 is 5.97 Å². The normalized spacial score (nSPS) is 13.4. The molecule has 0 spiro atoms. The zero-order valence-electron chi connectivity index (χ0n) is 33.0. The maximum Gasteiger partial charge on any atom is 0.305 e. The maximum atomic E-state index is 12.0. The number of phosphoric acid groups is 1. The second kappa shape index (κ2) is 38.5. The van der Waals surface area contributed by atoms with Crippen LogP contribution in [0.2, 0.25) is 0 Å². The third kappa shape index (κ3) is 39.8. The van der Waals surface area contributed by atoms with Crippen LogP contribution in [0.15, 0.2) is 12.2 Å². The van der Waals surface area contributed by atoms with Crippen molar-refractivity contribution >= 4 is 19.7 Å². The molecule has 10 heteroatoms. The van der Waals surface area contributed by atoms with Crippen molar-refractivity contribution in [1.29, 1.82) is 0 Å². The Hall–Kier alpha value is -1.25. The largest absolute Gasteiger partial charge is 0.756 e. The Morgan fingerprint density at radius 3 is 1.49 bits per heavy atom. The van der Waals surface area contributed by atoms with E-state index in [1.54, 1.807) is 0 Å². The van der Waals surface area contributed by atoms with Crippen molar-refractivity contribution in [2.45, 2.75) is 213 Å². The number of esters is 1. The summed E-state index contributed by atoms with van der Waals surface area (Å²) in [5.41, 5.74) is 0. The van der Waals surface area contributed by atoms with Gasteiger partial charge in [-0.25, -0.2) is 0 Å². The number of amides is 1. The van der Waals surface area contributed by atoms with Crippen molar-refractivity contribution < 1.29 is 37.9 Å². The Labute approximate surface area is 313 Å². The number of carbonyl (C=O) groups is 2. The molecule has 0 aromatic rings. The molecule has 0 fully saturated rings. The highest BCUT2D eigenvalue weighted by atomic mass is 31.2. The Bertz CT molecular complexity index is 856. The monoisotopic (exact) mass is 745 g/mol. The van der Waals surface area contributed by atoms with E-state index in [1.165, 1.54) is 122 Å². The Balaban J connectivity index is 3.59. The van der Waals surface area contributed by atoms with Gasteiger partial charge in [0.2, 0.25) is 5.91 Å². The minimum Gasteiger partial charge on any atom is -0.756 e. The summed E-state index contributed by atoms with van der Waals surface area (Å²) in [6, 6.07) is 0. The Morgan fingerprint density at radius 1 is 0.608 bits per heavy atom. The molecule has 0 aliphatic rings. The van der Waals surface area contributed by atoms with Gasteiger partial charge in [0, 0.05) is 19.4 Å². The summed E-state index contributed by atoms with van der Waals surface area (Å²) in [7, 11) is -4.66. The molecule has 302 valence electrons. The standard InChI is InChI=1S/C41H80NO8P/c1-3-5-7-9-11-13-15-17-19-21-23-25-27-29-31-33-40(44)42-35-36-49-51(46,47)50-38-39(43)37-48-41(45)34-32-30-28-26-24-22-20-18-16-14-12-10-8-6-4-2/h18,20,39,43H,3-17,19,21-38H2,1-2H3,(H,42,44)(H,46,47)/p-1/b20-18-/t39-/m1/s1. The fraction of sp³-hybridized carbons (Fsp3) is 0.902. The molecule has 0 aromatic carbocycles. The summed E-state index contributed by atoms with van der Waals surface area (Å²) < 4.78 is 26.5. The maximum absolute atomic E-state index is 12.0. The molecule has 0 bridgehead atoms. The number of rotatable bonds is 40. The van der Waals surface area contributed by atoms with Crippen LogP contribution in [0, 0.1) is 0 Å². The van der Waals surface area contributed by atoms with E-state index in [0.29, 0.717) is 6.42 Å². The quantitative estimate of drug-likeness (QED) is 0.0274. The minimum atomic E-state index is -4.66. The van der Waals surface area contributed by atoms with Crippen molar-refractivity contribution in [2.75, 3.05) is 26.4 Å². The van der Waals surface area contributed by atoms with Gasteiger partial charge in [0.15, 0.2) is 0 Å². The van der Waals surface area contributed by atoms with Gasteiger partial charge in [-0.2, -0.15) is 0 Å². The van der Waals surface area contributed by atoms with E-state index in [4.69, 9.17) is 13.8 Å². The summed E-state index contributed by atoms with van der Waals surface area (Å²) in [4.78, 5) is 35.9. The molecule has 1 unspecified atom stereocenters. The van der Waals surface area contributed by atoms with Crippen LogP contribution in [0.3, 0.4) is 0 Å². The van der Waals surface area contributed by atoms with E-state index in [2.05, 4.69) is 31.3 Å². The second-order valence-corrected chi connectivity index (χ2v) is 15.7. The average molecular weight is 745 g/mol. The van der Waals surface area contributed by atoms with E-state index in [1.807, 2.05) is 0 Å². The van der Waals surface area contributed by atoms with Crippen molar-refractivity contribution in [2.24, 2.45) is 0 Å². The van der Waals surface area contributed by atoms with Gasteiger partial charge in [-0.05, 0) is 38.5 Å². The van der Waals surface area contributed by atoms with Crippen molar-refractivity contribution in [3.63, 3.8) is 0 Å². The third-order valence-electron chi connectivity index (χ3n) is 9.19. The lowest BCUT2D eigenvalue weighted by Gasteiger charge is -2.24. The topological polar surface area (TPSA) is 134 Å². The van der Waals surface area contributed by atoms with Crippen LogP contribution < -0.4 is 10.2 Å². The lowest BCUT2D eigenvalue weighted by atomic mass is 10.0. The highest BCUT2D eigenvalue weighted by Crippen LogP contribution is 2.37. The SMILES string of the molecule is CCCCCCCC/C=C\CCCCCCCC(=O)OC[C@@H](O)COP(=O)([O-])OCCNC(=O)CCCCCCCCCCCCCCCCC. The lowest BCUT2D eigenvalue weighted by molar-refractivity contribution is -0.227. The van der Waals surface area contributed by atoms with Gasteiger partial charge in [0.05, 0.1) is 13.2 Å². The Kier molecular flexibility index (Phi) is 37.5. The number of aliphatic hydroxyl groups excluding tert-OH is 1. The fourth-order valence-corrected chi connectivity index (χ4v) is 6.70. The molecule has 0 saturated carbocycles. The number of aliphatic hydroxyl groups is 1. The van der Waals surface area contributed by atoms with Gasteiger partial charge < -0.3 is 29.1 Å². The molecule has 0 radical (unpaired) electrons. The van der Waals surface area contributed by atoms with Crippen LogP contribution in [-0.4, -0.2) is 49.5 Å². The molecule has 0 saturated heterocycles. The van der Waals surface area contributed by atoms with Crippen molar-refractivity contribution in [1.82, 2.24) is 5.32 Å². The summed E-state index contributed by atoms with van der Waals surface area (Å²) in [5, 5.41) is 12.6. The van der Waals surface area contributed by atoms with Crippen LogP contribution in [0.25, 0.3) is 0 Å². The summed E-state index contributed by atoms with van der Waals surface area (Å²) in [5.74, 6) is -0.553. The highest BCUT2D eigenvalue weighted by molar-refractivity contribution is 7.45. The van der Waals surface area contributed by atoms with Gasteiger partial charge in [-0.3, -0.25) is 14.2 Å². The zero-order valence-corrected chi connectivity index (χ0v) is 33.9. The van der Waals surface area contributed by atoms with Crippen LogP contribution in [0.1, 0.15) is 206 Å². The fourth-order valence-electron chi connectivity index (χ4n) is 5.96. The molecule has 9 nitrogen and oxygen atoms in total. The number of ether oxygens (including phenoxy) is 1. The first-order valence-corrected chi connectivity index (χ1v) is 22.6. The van der Waals surface area contributed by atoms with E-state index in [0.717, 1.165) is 57.8 Å². The first-order chi connectivity index (χ1) is 24.8. The number of phosphoric ester groups is 1. The molecule has 0 rings (SSSR count). The second-order valence-electron chi connectivity index (χ2n) is 14.3. The van der Waals surface area contributed by atoms with E-state index >= 15 is 0 Å². The molecule has 0 aliphatic heterocycles. The number of unbranched alkanes of at least 4 members (excludes halogenated alkanes) is 25. The highest BCUT2D eigenvalue weighted by Gasteiger charge is 2.15. The van der Waals surface area contributed by atoms with Crippen molar-refractivity contribution in [3.8, 4) is 0 Å². The lowest BCUT2D eigenvalue weighted by Crippen LogP contribution is -2.28.